The summed E-state index contributed by atoms with van der Waals surface area (Å²) in [7, 11) is 0. The van der Waals surface area contributed by atoms with Crippen molar-refractivity contribution in [1.82, 2.24) is 0 Å². The minimum Gasteiger partial charge on any atom is -1.00 e. The van der Waals surface area contributed by atoms with E-state index in [0.717, 1.165) is 0 Å². The molecule has 0 aromatic carbocycles. The molecule has 0 aliphatic rings. The average Bonchev–Trinajstić information content (AvgIpc) is 1.00. The Bertz CT molecular complexity index is 6.00. The first-order valence-electron chi connectivity index (χ1n) is 0.707. The molecule has 0 amide bonds. The minimum atomic E-state index is 0. The zero-order chi connectivity index (χ0) is 2.00. The van der Waals surface area contributed by atoms with Crippen molar-refractivity contribution in [1.29, 1.82) is 0 Å². The summed E-state index contributed by atoms with van der Waals surface area (Å²) in [5.41, 5.74) is 0. The summed E-state index contributed by atoms with van der Waals surface area (Å²) in [6, 6.07) is 0. The predicted octanol–water partition coefficient (Wildman–Crippen LogP) is -5.15. The van der Waals surface area contributed by atoms with Crippen LogP contribution in [0.1, 0.15) is 6.92 Å². The van der Waals surface area contributed by atoms with Crippen molar-refractivity contribution in [2.24, 2.45) is 0 Å². The molecule has 0 saturated carbocycles. The van der Waals surface area contributed by atoms with Crippen LogP contribution in [0.25, 0.3) is 0 Å². The number of hydrogen-bond acceptors (Lipinski definition) is 0. The van der Waals surface area contributed by atoms with Crippen LogP contribution in [0.3, 0.4) is 0 Å². The molecule has 2 heteroatoms. The van der Waals surface area contributed by atoms with Gasteiger partial charge in [0.1, 0.15) is 0 Å². The molecule has 0 atom stereocenters. The molecule has 0 fully saturated rings. The van der Waals surface area contributed by atoms with Gasteiger partial charge in [-0.2, -0.15) is 0 Å². The molecule has 0 aromatic heterocycles. The van der Waals surface area contributed by atoms with Crippen LogP contribution in [0.15, 0.2) is 0 Å². The Morgan fingerprint density at radius 3 is 1.25 bits per heavy atom. The SMILES string of the molecule is [CH2]C.[F-].[Na+]. The van der Waals surface area contributed by atoms with Crippen LogP contribution < -0.4 is 34.3 Å². The molecule has 0 rings (SSSR count). The van der Waals surface area contributed by atoms with Gasteiger partial charge in [-0.25, -0.2) is 0 Å². The summed E-state index contributed by atoms with van der Waals surface area (Å²) >= 11 is 0. The van der Waals surface area contributed by atoms with Gasteiger partial charge in [0.2, 0.25) is 0 Å². The van der Waals surface area contributed by atoms with Crippen LogP contribution in [0.5, 0.6) is 0 Å². The van der Waals surface area contributed by atoms with Crippen LogP contribution in [-0.2, 0) is 0 Å². The first-order valence-corrected chi connectivity index (χ1v) is 0.707. The van der Waals surface area contributed by atoms with E-state index in [9.17, 15) is 0 Å². The Labute approximate surface area is 48.2 Å². The van der Waals surface area contributed by atoms with Crippen molar-refractivity contribution in [2.45, 2.75) is 6.92 Å². The van der Waals surface area contributed by atoms with E-state index in [1.807, 2.05) is 0 Å². The summed E-state index contributed by atoms with van der Waals surface area (Å²) in [4.78, 5) is 0. The van der Waals surface area contributed by atoms with Crippen LogP contribution in [0.4, 0.5) is 0 Å². The number of rotatable bonds is 0. The number of halogens is 1. The topological polar surface area (TPSA) is 0 Å². The molecule has 0 spiro atoms. The fourth-order valence-electron chi connectivity index (χ4n) is 0. The third kappa shape index (κ3) is 12.6. The molecule has 0 aliphatic heterocycles. The van der Waals surface area contributed by atoms with E-state index in [-0.39, 0.29) is 34.3 Å². The Morgan fingerprint density at radius 2 is 1.25 bits per heavy atom. The second-order valence-electron chi connectivity index (χ2n) is 0. The third-order valence-electron chi connectivity index (χ3n) is 0. The third-order valence-corrected chi connectivity index (χ3v) is 0. The van der Waals surface area contributed by atoms with E-state index >= 15 is 0 Å². The van der Waals surface area contributed by atoms with Gasteiger partial charge in [0.25, 0.3) is 0 Å². The second kappa shape index (κ2) is 39.0. The maximum absolute atomic E-state index is 3.25. The normalized spacial score (nSPS) is 1.50. The van der Waals surface area contributed by atoms with Gasteiger partial charge in [-0.3, -0.25) is 0 Å². The van der Waals surface area contributed by atoms with E-state index < -0.39 is 0 Å². The Morgan fingerprint density at radius 1 is 1.25 bits per heavy atom. The Balaban J connectivity index is -0.00000000500. The molecule has 1 radical (unpaired) electrons. The molecule has 0 N–H and O–H groups in total. The number of hydrogen-bond donors (Lipinski definition) is 0. The summed E-state index contributed by atoms with van der Waals surface area (Å²) in [6.07, 6.45) is 0. The molecule has 0 nitrogen and oxygen atoms in total. The zero-order valence-electron chi connectivity index (χ0n) is 3.09. The van der Waals surface area contributed by atoms with Crippen LogP contribution >= 0.6 is 0 Å². The van der Waals surface area contributed by atoms with Gasteiger partial charge in [-0.15, -0.1) is 0 Å². The summed E-state index contributed by atoms with van der Waals surface area (Å²) < 4.78 is 0. The average molecular weight is 71.0 g/mol. The fourth-order valence-corrected chi connectivity index (χ4v) is 0. The van der Waals surface area contributed by atoms with E-state index in [4.69, 9.17) is 0 Å². The summed E-state index contributed by atoms with van der Waals surface area (Å²) in [5, 5.41) is 0. The second-order valence-corrected chi connectivity index (χ2v) is 0. The van der Waals surface area contributed by atoms with E-state index in [1.54, 1.807) is 6.92 Å². The monoisotopic (exact) mass is 71.0 g/mol. The smallest absolute Gasteiger partial charge is 1.00 e. The van der Waals surface area contributed by atoms with Crippen LogP contribution in [0.2, 0.25) is 0 Å². The minimum absolute atomic E-state index is 0. The van der Waals surface area contributed by atoms with Crippen LogP contribution in [-0.4, -0.2) is 0 Å². The zero-order valence-corrected chi connectivity index (χ0v) is 5.09. The van der Waals surface area contributed by atoms with Crippen molar-refractivity contribution in [3.8, 4) is 0 Å². The molecule has 0 bridgehead atoms. The van der Waals surface area contributed by atoms with Gasteiger partial charge >= 0.3 is 29.6 Å². The van der Waals surface area contributed by atoms with Crippen molar-refractivity contribution in [3.63, 3.8) is 0 Å². The van der Waals surface area contributed by atoms with Gasteiger partial charge in [-0.1, -0.05) is 13.8 Å². The van der Waals surface area contributed by atoms with Crippen molar-refractivity contribution in [3.05, 3.63) is 6.92 Å². The van der Waals surface area contributed by atoms with Crippen molar-refractivity contribution < 1.29 is 34.3 Å². The van der Waals surface area contributed by atoms with E-state index in [2.05, 4.69) is 6.92 Å². The molecule has 0 aromatic rings. The molecule has 0 unspecified atom stereocenters. The maximum atomic E-state index is 3.25. The van der Waals surface area contributed by atoms with Gasteiger partial charge in [0.15, 0.2) is 0 Å². The Hall–Kier alpha value is 0.930. The molecular formula is C2H5FNa. The molecule has 0 heterocycles. The molecule has 21 valence electrons. The fraction of sp³-hybridized carbons (Fsp3) is 0.500. The van der Waals surface area contributed by atoms with Gasteiger partial charge in [0, 0.05) is 0 Å². The standard InChI is InChI=1S/C2H5.FH.Na/c1-2;;/h1H2,2H3;1H;/q;;+1/p-1. The van der Waals surface area contributed by atoms with Gasteiger partial charge in [0.05, 0.1) is 0 Å². The quantitative estimate of drug-likeness (QED) is 0.250. The van der Waals surface area contributed by atoms with Crippen molar-refractivity contribution >= 4 is 0 Å². The predicted molar refractivity (Wildman–Crippen MR) is 11.0 cm³/mol. The summed E-state index contributed by atoms with van der Waals surface area (Å²) in [6.45, 7) is 5.00. The molecule has 4 heavy (non-hydrogen) atoms. The molecule has 0 saturated heterocycles. The molecule has 0 aliphatic carbocycles. The van der Waals surface area contributed by atoms with Crippen LogP contribution in [0, 0.1) is 6.92 Å². The molecular weight excluding hydrogens is 66.0 g/mol. The largest absolute Gasteiger partial charge is 1.00 e. The van der Waals surface area contributed by atoms with E-state index in [1.165, 1.54) is 0 Å². The Kier molecular flexibility index (Phi) is 199. The van der Waals surface area contributed by atoms with Gasteiger partial charge < -0.3 is 4.70 Å². The van der Waals surface area contributed by atoms with Gasteiger partial charge in [-0.05, 0) is 0 Å². The first-order chi connectivity index (χ1) is 1.00. The summed E-state index contributed by atoms with van der Waals surface area (Å²) in [5.74, 6) is 0. The van der Waals surface area contributed by atoms with E-state index in [0.29, 0.717) is 0 Å². The maximum Gasteiger partial charge on any atom is 1.00 e. The first kappa shape index (κ1) is 20.4. The van der Waals surface area contributed by atoms with Crippen molar-refractivity contribution in [2.75, 3.05) is 0 Å².